The Labute approximate surface area is 178 Å². The van der Waals surface area contributed by atoms with Crippen molar-refractivity contribution < 1.29 is 14.3 Å². The maximum absolute atomic E-state index is 13.2. The SMILES string of the molecule is COc1ccc([C@@H]2CC(c3ccc(C)cc3C)=NN2C(=O)CN2CCOCC2)cc1. The minimum absolute atomic E-state index is 0.0254. The van der Waals surface area contributed by atoms with Gasteiger partial charge in [-0.3, -0.25) is 9.69 Å². The molecule has 0 aromatic heterocycles. The van der Waals surface area contributed by atoms with E-state index >= 15 is 0 Å². The number of carbonyl (C=O) groups is 1. The highest BCUT2D eigenvalue weighted by Crippen LogP contribution is 2.34. The number of carbonyl (C=O) groups excluding carboxylic acids is 1. The first-order chi connectivity index (χ1) is 14.5. The van der Waals surface area contributed by atoms with Crippen molar-refractivity contribution in [2.45, 2.75) is 26.3 Å². The summed E-state index contributed by atoms with van der Waals surface area (Å²) in [5, 5.41) is 6.51. The van der Waals surface area contributed by atoms with Gasteiger partial charge in [-0.2, -0.15) is 5.10 Å². The van der Waals surface area contributed by atoms with E-state index in [-0.39, 0.29) is 11.9 Å². The van der Waals surface area contributed by atoms with Crippen LogP contribution in [0.15, 0.2) is 47.6 Å². The molecule has 1 fully saturated rings. The second-order valence-corrected chi connectivity index (χ2v) is 7.98. The molecule has 2 aliphatic rings. The number of benzene rings is 2. The van der Waals surface area contributed by atoms with Gasteiger partial charge in [0.15, 0.2) is 0 Å². The van der Waals surface area contributed by atoms with Crippen LogP contribution in [0.5, 0.6) is 5.75 Å². The zero-order valence-corrected chi connectivity index (χ0v) is 17.9. The van der Waals surface area contributed by atoms with E-state index in [1.165, 1.54) is 11.1 Å². The highest BCUT2D eigenvalue weighted by Gasteiger charge is 2.34. The molecule has 4 rings (SSSR count). The molecule has 1 amide bonds. The van der Waals surface area contributed by atoms with Gasteiger partial charge in [0.1, 0.15) is 5.75 Å². The van der Waals surface area contributed by atoms with E-state index in [0.29, 0.717) is 26.2 Å². The molecule has 30 heavy (non-hydrogen) atoms. The van der Waals surface area contributed by atoms with E-state index in [1.54, 1.807) is 12.1 Å². The fraction of sp³-hybridized carbons (Fsp3) is 0.417. The van der Waals surface area contributed by atoms with Crippen molar-refractivity contribution in [1.82, 2.24) is 9.91 Å². The normalized spacial score (nSPS) is 19.6. The van der Waals surface area contributed by atoms with Gasteiger partial charge in [-0.15, -0.1) is 0 Å². The summed E-state index contributed by atoms with van der Waals surface area (Å²) >= 11 is 0. The molecule has 158 valence electrons. The molecule has 0 aliphatic carbocycles. The largest absolute Gasteiger partial charge is 0.497 e. The number of aryl methyl sites for hydroxylation is 2. The number of hydrogen-bond acceptors (Lipinski definition) is 5. The molecule has 0 N–H and O–H groups in total. The summed E-state index contributed by atoms with van der Waals surface area (Å²) in [4.78, 5) is 15.4. The lowest BCUT2D eigenvalue weighted by Crippen LogP contribution is -2.43. The van der Waals surface area contributed by atoms with Crippen LogP contribution in [0.2, 0.25) is 0 Å². The van der Waals surface area contributed by atoms with E-state index < -0.39 is 0 Å². The molecule has 0 saturated carbocycles. The molecule has 2 aromatic rings. The summed E-state index contributed by atoms with van der Waals surface area (Å²) in [6.07, 6.45) is 0.699. The molecular weight excluding hydrogens is 378 g/mol. The quantitative estimate of drug-likeness (QED) is 0.763. The third-order valence-electron chi connectivity index (χ3n) is 5.82. The minimum atomic E-state index is -0.111. The summed E-state index contributed by atoms with van der Waals surface area (Å²) in [6.45, 7) is 7.45. The number of hydrogen-bond donors (Lipinski definition) is 0. The highest BCUT2D eigenvalue weighted by atomic mass is 16.5. The van der Waals surface area contributed by atoms with Crippen molar-refractivity contribution in [2.24, 2.45) is 5.10 Å². The number of amides is 1. The van der Waals surface area contributed by atoms with Gasteiger partial charge in [-0.25, -0.2) is 5.01 Å². The lowest BCUT2D eigenvalue weighted by molar-refractivity contribution is -0.135. The summed E-state index contributed by atoms with van der Waals surface area (Å²) in [7, 11) is 1.66. The number of nitrogens with zero attached hydrogens (tertiary/aromatic N) is 3. The number of ether oxygens (including phenoxy) is 2. The topological polar surface area (TPSA) is 54.4 Å². The zero-order valence-electron chi connectivity index (χ0n) is 17.9. The minimum Gasteiger partial charge on any atom is -0.497 e. The fourth-order valence-electron chi connectivity index (χ4n) is 4.15. The van der Waals surface area contributed by atoms with Crippen LogP contribution in [0.1, 0.15) is 34.7 Å². The number of rotatable bonds is 5. The molecule has 0 radical (unpaired) electrons. The Bertz CT molecular complexity index is 933. The molecule has 6 heteroatoms. The van der Waals surface area contributed by atoms with Crippen LogP contribution in [0.25, 0.3) is 0 Å². The number of morpholine rings is 1. The van der Waals surface area contributed by atoms with Crippen molar-refractivity contribution in [3.8, 4) is 5.75 Å². The Morgan fingerprint density at radius 3 is 2.53 bits per heavy atom. The van der Waals surface area contributed by atoms with Gasteiger partial charge in [-0.05, 0) is 37.1 Å². The van der Waals surface area contributed by atoms with Gasteiger partial charge in [-0.1, -0.05) is 35.9 Å². The maximum atomic E-state index is 13.2. The first-order valence-electron chi connectivity index (χ1n) is 10.5. The average molecular weight is 408 g/mol. The summed E-state index contributed by atoms with van der Waals surface area (Å²) in [6, 6.07) is 14.2. The second-order valence-electron chi connectivity index (χ2n) is 7.98. The van der Waals surface area contributed by atoms with E-state index in [4.69, 9.17) is 14.6 Å². The Kier molecular flexibility index (Phi) is 6.16. The molecule has 2 aromatic carbocycles. The number of hydrazone groups is 1. The van der Waals surface area contributed by atoms with Crippen LogP contribution in [-0.4, -0.2) is 61.5 Å². The van der Waals surface area contributed by atoms with Crippen molar-refractivity contribution in [1.29, 1.82) is 0 Å². The Hall–Kier alpha value is -2.70. The van der Waals surface area contributed by atoms with Gasteiger partial charge in [0.2, 0.25) is 0 Å². The highest BCUT2D eigenvalue weighted by molar-refractivity contribution is 6.04. The van der Waals surface area contributed by atoms with Crippen LogP contribution < -0.4 is 4.74 Å². The predicted octanol–water partition coefficient (Wildman–Crippen LogP) is 3.32. The third-order valence-corrected chi connectivity index (χ3v) is 5.82. The summed E-state index contributed by atoms with van der Waals surface area (Å²) < 4.78 is 10.7. The number of methoxy groups -OCH3 is 1. The van der Waals surface area contributed by atoms with Gasteiger partial charge < -0.3 is 9.47 Å². The van der Waals surface area contributed by atoms with Gasteiger partial charge >= 0.3 is 0 Å². The molecule has 0 unspecified atom stereocenters. The summed E-state index contributed by atoms with van der Waals surface area (Å²) in [5.41, 5.74) is 5.55. The standard InChI is InChI=1S/C24H29N3O3/c1-17-4-9-21(18(2)14-17)22-15-23(19-5-7-20(29-3)8-6-19)27(25-22)24(28)16-26-10-12-30-13-11-26/h4-9,14,23H,10-13,15-16H2,1-3H3/t23-/m0/s1. The van der Waals surface area contributed by atoms with Crippen LogP contribution in [0.4, 0.5) is 0 Å². The van der Waals surface area contributed by atoms with E-state index in [2.05, 4.69) is 36.9 Å². The Morgan fingerprint density at radius 1 is 1.13 bits per heavy atom. The first kappa shape index (κ1) is 20.6. The molecule has 2 aliphatic heterocycles. The summed E-state index contributed by atoms with van der Waals surface area (Å²) in [5.74, 6) is 0.830. The van der Waals surface area contributed by atoms with Gasteiger partial charge in [0, 0.05) is 25.1 Å². The lowest BCUT2D eigenvalue weighted by Gasteiger charge is -2.29. The molecule has 2 heterocycles. The van der Waals surface area contributed by atoms with E-state index in [0.717, 1.165) is 35.7 Å². The van der Waals surface area contributed by atoms with Crippen LogP contribution in [0, 0.1) is 13.8 Å². The third kappa shape index (κ3) is 4.40. The van der Waals surface area contributed by atoms with Gasteiger partial charge in [0.05, 0.1) is 38.6 Å². The van der Waals surface area contributed by atoms with E-state index in [9.17, 15) is 4.79 Å². The van der Waals surface area contributed by atoms with Crippen LogP contribution in [0.3, 0.4) is 0 Å². The van der Waals surface area contributed by atoms with E-state index in [1.807, 2.05) is 24.3 Å². The lowest BCUT2D eigenvalue weighted by atomic mass is 9.95. The monoisotopic (exact) mass is 407 g/mol. The Balaban J connectivity index is 1.62. The first-order valence-corrected chi connectivity index (χ1v) is 10.5. The molecule has 0 spiro atoms. The molecular formula is C24H29N3O3. The molecule has 0 bridgehead atoms. The molecule has 1 saturated heterocycles. The molecule has 6 nitrogen and oxygen atoms in total. The van der Waals surface area contributed by atoms with Crippen molar-refractivity contribution in [2.75, 3.05) is 40.0 Å². The van der Waals surface area contributed by atoms with Crippen molar-refractivity contribution >= 4 is 11.6 Å². The predicted molar refractivity (Wildman–Crippen MR) is 117 cm³/mol. The average Bonchev–Trinajstić information content (AvgIpc) is 3.20. The second kappa shape index (κ2) is 8.98. The van der Waals surface area contributed by atoms with Crippen molar-refractivity contribution in [3.05, 3.63) is 64.7 Å². The fourth-order valence-corrected chi connectivity index (χ4v) is 4.15. The smallest absolute Gasteiger partial charge is 0.257 e. The van der Waals surface area contributed by atoms with Gasteiger partial charge in [0.25, 0.3) is 5.91 Å². The maximum Gasteiger partial charge on any atom is 0.257 e. The zero-order chi connectivity index (χ0) is 21.1. The molecule has 1 atom stereocenters. The Morgan fingerprint density at radius 2 is 1.87 bits per heavy atom. The van der Waals surface area contributed by atoms with Crippen molar-refractivity contribution in [3.63, 3.8) is 0 Å². The van der Waals surface area contributed by atoms with Crippen LogP contribution in [-0.2, 0) is 9.53 Å². The van der Waals surface area contributed by atoms with Crippen LogP contribution >= 0.6 is 0 Å².